The van der Waals surface area contributed by atoms with Gasteiger partial charge in [-0.25, -0.2) is 8.42 Å². The average Bonchev–Trinajstić information content (AvgIpc) is 1.55. The van der Waals surface area contributed by atoms with Crippen molar-refractivity contribution in [3.8, 4) is 0 Å². The molecule has 2 N–H and O–H groups in total. The molecule has 0 rings (SSSR count). The summed E-state index contributed by atoms with van der Waals surface area (Å²) in [5, 5.41) is 0. The summed E-state index contributed by atoms with van der Waals surface area (Å²) in [5.74, 6) is -0.700. The summed E-state index contributed by atoms with van der Waals surface area (Å²) in [6.45, 7) is -0.308. The second-order valence-electron chi connectivity index (χ2n) is 1.53. The van der Waals surface area contributed by atoms with Crippen molar-refractivity contribution in [2.75, 3.05) is 12.3 Å². The summed E-state index contributed by atoms with van der Waals surface area (Å²) in [5.41, 5.74) is 4.78. The van der Waals surface area contributed by atoms with Gasteiger partial charge < -0.3 is 10.3 Å². The third-order valence-electron chi connectivity index (χ3n) is 0.555. The van der Waals surface area contributed by atoms with E-state index < -0.39 is 26.3 Å². The van der Waals surface area contributed by atoms with E-state index in [-0.39, 0.29) is 36.1 Å². The summed E-state index contributed by atoms with van der Waals surface area (Å²) in [4.78, 5) is 0. The fraction of sp³-hybridized carbons (Fsp3) is 1.00. The van der Waals surface area contributed by atoms with E-state index >= 15 is 0 Å². The van der Waals surface area contributed by atoms with Crippen LogP contribution in [0.3, 0.4) is 0 Å². The third kappa shape index (κ3) is 8.87. The van der Waals surface area contributed by atoms with Gasteiger partial charge in [0.25, 0.3) is 10.1 Å². The van der Waals surface area contributed by atoms with Crippen LogP contribution in [0.1, 0.15) is 0 Å². The minimum absolute atomic E-state index is 0. The van der Waals surface area contributed by atoms with Crippen molar-refractivity contribution in [3.05, 3.63) is 0 Å². The molecule has 0 aromatic carbocycles. The summed E-state index contributed by atoms with van der Waals surface area (Å²) in [7, 11) is -9.51. The van der Waals surface area contributed by atoms with Crippen molar-refractivity contribution in [3.63, 3.8) is 0 Å². The smallest absolute Gasteiger partial charge is 0.725 e. The Morgan fingerprint density at radius 1 is 1.25 bits per heavy atom. The Balaban J connectivity index is 0. The first-order valence-electron chi connectivity index (χ1n) is 2.36. The first kappa shape index (κ1) is 15.3. The Hall–Kier alpha value is 0.780. The van der Waals surface area contributed by atoms with Crippen LogP contribution in [0, 0.1) is 0 Å². The minimum Gasteiger partial charge on any atom is -0.725 e. The molecule has 0 fully saturated rings. The number of hydrogen-bond acceptors (Lipinski definition) is 7. The van der Waals surface area contributed by atoms with Crippen LogP contribution in [0.5, 0.6) is 0 Å². The van der Waals surface area contributed by atoms with Gasteiger partial charge in [0.1, 0.15) is 0 Å². The van der Waals surface area contributed by atoms with Crippen LogP contribution in [-0.4, -0.2) is 33.7 Å². The molecule has 0 heterocycles. The third-order valence-corrected chi connectivity index (χ3v) is 2.79. The summed E-state index contributed by atoms with van der Waals surface area (Å²) >= 11 is 0. The molecule has 0 aliphatic carbocycles. The molecule has 0 spiro atoms. The van der Waals surface area contributed by atoms with Crippen LogP contribution in [0.25, 0.3) is 0 Å². The Kier molecular flexibility index (Phi) is 6.99. The van der Waals surface area contributed by atoms with Crippen molar-refractivity contribution in [2.45, 2.75) is 0 Å². The van der Waals surface area contributed by atoms with E-state index in [4.69, 9.17) is 5.73 Å². The second kappa shape index (κ2) is 5.50. The standard InChI is InChI=1S/C2H7NO6S2.Na/c3-1-2-10(4,5)9-11(6,7)8;/h1-3H2,(H,6,7,8);/q;+1/p-1. The molecule has 12 heavy (non-hydrogen) atoms. The maximum Gasteiger partial charge on any atom is 1.00 e. The largest absolute Gasteiger partial charge is 1.00 e. The molecule has 0 aromatic heterocycles. The predicted molar refractivity (Wildman–Crippen MR) is 33.6 cm³/mol. The van der Waals surface area contributed by atoms with E-state index in [9.17, 15) is 21.4 Å². The van der Waals surface area contributed by atoms with Gasteiger partial charge in [0.05, 0.1) is 5.75 Å². The van der Waals surface area contributed by atoms with Crippen molar-refractivity contribution in [2.24, 2.45) is 5.73 Å². The Morgan fingerprint density at radius 3 is 1.92 bits per heavy atom. The maximum absolute atomic E-state index is 10.4. The van der Waals surface area contributed by atoms with Crippen LogP contribution in [0.15, 0.2) is 0 Å². The van der Waals surface area contributed by atoms with E-state index in [1.807, 2.05) is 0 Å². The molecule has 0 aliphatic heterocycles. The van der Waals surface area contributed by atoms with Crippen molar-refractivity contribution < 1.29 is 54.6 Å². The van der Waals surface area contributed by atoms with Gasteiger partial charge in [0.15, 0.2) is 0 Å². The number of rotatable bonds is 4. The topological polar surface area (TPSA) is 127 Å². The van der Waals surface area contributed by atoms with Crippen molar-refractivity contribution >= 4 is 20.5 Å². The minimum atomic E-state index is -5.20. The Labute approximate surface area is 92.6 Å². The van der Waals surface area contributed by atoms with Gasteiger partial charge in [-0.15, -0.1) is 0 Å². The van der Waals surface area contributed by atoms with Gasteiger partial charge in [0.2, 0.25) is 10.4 Å². The second-order valence-corrected chi connectivity index (χ2v) is 4.41. The fourth-order valence-electron chi connectivity index (χ4n) is 0.305. The molecule has 10 heteroatoms. The zero-order valence-electron chi connectivity index (χ0n) is 6.26. The molecular weight excluding hydrogens is 221 g/mol. The maximum atomic E-state index is 10.4. The monoisotopic (exact) mass is 227 g/mol. The normalized spacial score (nSPS) is 12.2. The molecule has 0 bridgehead atoms. The SMILES string of the molecule is NCCS(=O)(=O)OS(=O)(=O)[O-].[Na+]. The van der Waals surface area contributed by atoms with Gasteiger partial charge in [-0.1, -0.05) is 0 Å². The molecule has 0 amide bonds. The predicted octanol–water partition coefficient (Wildman–Crippen LogP) is -5.24. The molecule has 0 unspecified atom stereocenters. The van der Waals surface area contributed by atoms with E-state index in [1.165, 1.54) is 0 Å². The molecule has 0 saturated heterocycles. The number of hydrogen-bond donors (Lipinski definition) is 1. The summed E-state index contributed by atoms with van der Waals surface area (Å²) in [6, 6.07) is 0. The van der Waals surface area contributed by atoms with Crippen LogP contribution in [0.4, 0.5) is 0 Å². The quantitative estimate of drug-likeness (QED) is 0.289. The molecular formula is C2H6NNaO6S2. The zero-order valence-corrected chi connectivity index (χ0v) is 9.89. The zero-order chi connectivity index (χ0) is 9.12. The van der Waals surface area contributed by atoms with Crippen molar-refractivity contribution in [1.82, 2.24) is 0 Å². The molecule has 0 radical (unpaired) electrons. The molecule has 0 aromatic rings. The van der Waals surface area contributed by atoms with E-state index in [0.717, 1.165) is 0 Å². The molecule has 0 aliphatic rings. The van der Waals surface area contributed by atoms with Crippen LogP contribution in [-0.2, 0) is 24.1 Å². The summed E-state index contributed by atoms with van der Waals surface area (Å²) in [6.07, 6.45) is 0. The van der Waals surface area contributed by atoms with Crippen molar-refractivity contribution in [1.29, 1.82) is 0 Å². The van der Waals surface area contributed by atoms with Gasteiger partial charge in [-0.05, 0) is 0 Å². The van der Waals surface area contributed by atoms with Gasteiger partial charge in [-0.3, -0.25) is 0 Å². The Morgan fingerprint density at radius 2 is 1.67 bits per heavy atom. The van der Waals surface area contributed by atoms with Crippen LogP contribution >= 0.6 is 0 Å². The average molecular weight is 227 g/mol. The number of nitrogens with two attached hydrogens (primary N) is 1. The summed E-state index contributed by atoms with van der Waals surface area (Å²) < 4.78 is 53.1. The Bertz CT molecular complexity index is 304. The first-order valence-corrected chi connectivity index (χ1v) is 5.27. The first-order chi connectivity index (χ1) is 4.77. The van der Waals surface area contributed by atoms with Gasteiger partial charge >= 0.3 is 29.6 Å². The molecule has 68 valence electrons. The van der Waals surface area contributed by atoms with Crippen LogP contribution in [0.2, 0.25) is 0 Å². The van der Waals surface area contributed by atoms with E-state index in [1.54, 1.807) is 0 Å². The van der Waals surface area contributed by atoms with E-state index in [2.05, 4.69) is 3.63 Å². The molecule has 0 saturated carbocycles. The fourth-order valence-corrected chi connectivity index (χ4v) is 1.88. The van der Waals surface area contributed by atoms with Gasteiger partial charge in [-0.2, -0.15) is 12.0 Å². The van der Waals surface area contributed by atoms with Crippen LogP contribution < -0.4 is 35.3 Å². The molecule has 0 atom stereocenters. The van der Waals surface area contributed by atoms with E-state index in [0.29, 0.717) is 0 Å². The molecule has 7 nitrogen and oxygen atoms in total. The van der Waals surface area contributed by atoms with Gasteiger partial charge in [0, 0.05) is 6.54 Å².